The monoisotopic (exact) mass is 444 g/mol. The van der Waals surface area contributed by atoms with E-state index in [1.54, 1.807) is 59.1 Å². The standard InChI is InChI=1S/C24H32N2O6/c1-7-32-24(29)21-15(2)20(16(3)25-21)22(27)17(4)26(12-9-13-30-5)23(28)18-10-8-11-19(14-18)31-6/h8,10-11,14,17,25H,7,9,12-13H2,1-6H3/t17-/m1/s1. The van der Waals surface area contributed by atoms with Crippen molar-refractivity contribution < 1.29 is 28.6 Å². The molecule has 0 aliphatic carbocycles. The number of carbonyl (C=O) groups is 3. The van der Waals surface area contributed by atoms with Crippen molar-refractivity contribution in [2.24, 2.45) is 0 Å². The molecule has 0 aliphatic rings. The summed E-state index contributed by atoms with van der Waals surface area (Å²) in [5, 5.41) is 0. The number of nitrogens with one attached hydrogen (secondary N) is 1. The maximum absolute atomic E-state index is 13.5. The van der Waals surface area contributed by atoms with Gasteiger partial charge in [-0.1, -0.05) is 6.07 Å². The van der Waals surface area contributed by atoms with E-state index in [1.165, 1.54) is 12.0 Å². The number of methoxy groups -OCH3 is 2. The lowest BCUT2D eigenvalue weighted by Crippen LogP contribution is -2.44. The number of Topliss-reactive ketones (excluding diaryl/α,β-unsaturated/α-hetero) is 1. The first kappa shape index (κ1) is 25.1. The predicted molar refractivity (Wildman–Crippen MR) is 121 cm³/mol. The number of hydrogen-bond acceptors (Lipinski definition) is 6. The summed E-state index contributed by atoms with van der Waals surface area (Å²) in [5.74, 6) is -0.481. The summed E-state index contributed by atoms with van der Waals surface area (Å²) in [4.78, 5) is 43.6. The van der Waals surface area contributed by atoms with Gasteiger partial charge in [0.2, 0.25) is 0 Å². The number of ether oxygens (including phenoxy) is 3. The summed E-state index contributed by atoms with van der Waals surface area (Å²) < 4.78 is 15.4. The fraction of sp³-hybridized carbons (Fsp3) is 0.458. The van der Waals surface area contributed by atoms with Gasteiger partial charge in [0.15, 0.2) is 5.78 Å². The average molecular weight is 445 g/mol. The number of benzene rings is 1. The lowest BCUT2D eigenvalue weighted by Gasteiger charge is -2.29. The third-order valence-electron chi connectivity index (χ3n) is 5.34. The molecule has 1 aromatic heterocycles. The zero-order valence-corrected chi connectivity index (χ0v) is 19.6. The van der Waals surface area contributed by atoms with Gasteiger partial charge in [-0.25, -0.2) is 4.79 Å². The van der Waals surface area contributed by atoms with Crippen LogP contribution in [0.3, 0.4) is 0 Å². The summed E-state index contributed by atoms with van der Waals surface area (Å²) in [6.07, 6.45) is 0.572. The normalized spacial score (nSPS) is 11.7. The van der Waals surface area contributed by atoms with Gasteiger partial charge in [0.1, 0.15) is 11.4 Å². The van der Waals surface area contributed by atoms with Gasteiger partial charge in [-0.15, -0.1) is 0 Å². The maximum Gasteiger partial charge on any atom is 0.355 e. The van der Waals surface area contributed by atoms with E-state index in [4.69, 9.17) is 14.2 Å². The zero-order chi connectivity index (χ0) is 23.8. The van der Waals surface area contributed by atoms with Gasteiger partial charge >= 0.3 is 5.97 Å². The second kappa shape index (κ2) is 11.5. The largest absolute Gasteiger partial charge is 0.497 e. The van der Waals surface area contributed by atoms with E-state index in [0.717, 1.165) is 0 Å². The number of aromatic nitrogens is 1. The number of nitrogens with zero attached hydrogens (tertiary/aromatic N) is 1. The molecule has 1 aromatic carbocycles. The SMILES string of the molecule is CCOC(=O)c1[nH]c(C)c(C(=O)[C@@H](C)N(CCCOC)C(=O)c2cccc(OC)c2)c1C. The van der Waals surface area contributed by atoms with E-state index >= 15 is 0 Å². The van der Waals surface area contributed by atoms with Crippen molar-refractivity contribution in [2.45, 2.75) is 40.2 Å². The summed E-state index contributed by atoms with van der Waals surface area (Å²) in [6, 6.07) is 6.07. The Bertz CT molecular complexity index is 965. The lowest BCUT2D eigenvalue weighted by atomic mass is 9.99. The number of rotatable bonds is 11. The quantitative estimate of drug-likeness (QED) is 0.323. The van der Waals surface area contributed by atoms with Crippen LogP contribution >= 0.6 is 0 Å². The molecule has 0 bridgehead atoms. The molecule has 0 saturated carbocycles. The van der Waals surface area contributed by atoms with Crippen molar-refractivity contribution >= 4 is 17.7 Å². The molecule has 0 saturated heterocycles. The molecule has 0 aliphatic heterocycles. The number of esters is 1. The first-order valence-corrected chi connectivity index (χ1v) is 10.6. The van der Waals surface area contributed by atoms with Gasteiger partial charge in [-0.3, -0.25) is 9.59 Å². The maximum atomic E-state index is 13.5. The number of carbonyl (C=O) groups excluding carboxylic acids is 3. The highest BCUT2D eigenvalue weighted by molar-refractivity contribution is 6.07. The summed E-state index contributed by atoms with van der Waals surface area (Å²) in [6.45, 7) is 7.88. The van der Waals surface area contributed by atoms with Gasteiger partial charge in [0.05, 0.1) is 19.8 Å². The lowest BCUT2D eigenvalue weighted by molar-refractivity contribution is 0.0518. The highest BCUT2D eigenvalue weighted by Gasteiger charge is 2.31. The molecular formula is C24H32N2O6. The Morgan fingerprint density at radius 3 is 2.50 bits per heavy atom. The van der Waals surface area contributed by atoms with E-state index in [-0.39, 0.29) is 24.0 Å². The van der Waals surface area contributed by atoms with Gasteiger partial charge in [-0.05, 0) is 57.9 Å². The third-order valence-corrected chi connectivity index (χ3v) is 5.34. The molecule has 0 fully saturated rings. The molecule has 32 heavy (non-hydrogen) atoms. The summed E-state index contributed by atoms with van der Waals surface area (Å²) in [5.41, 5.74) is 2.16. The summed E-state index contributed by atoms with van der Waals surface area (Å²) >= 11 is 0. The molecule has 8 heteroatoms. The van der Waals surface area contributed by atoms with Crippen LogP contribution in [-0.4, -0.2) is 67.6 Å². The Hall–Kier alpha value is -3.13. The minimum Gasteiger partial charge on any atom is -0.497 e. The summed E-state index contributed by atoms with van der Waals surface area (Å²) in [7, 11) is 3.12. The average Bonchev–Trinajstić information content (AvgIpc) is 3.09. The molecule has 1 amide bonds. The Balaban J connectivity index is 2.38. The Labute approximate surface area is 188 Å². The topological polar surface area (TPSA) is 97.9 Å². The van der Waals surface area contributed by atoms with Crippen LogP contribution in [-0.2, 0) is 9.47 Å². The molecule has 1 heterocycles. The second-order valence-electron chi connectivity index (χ2n) is 7.46. The second-order valence-corrected chi connectivity index (χ2v) is 7.46. The Morgan fingerprint density at radius 1 is 1.16 bits per heavy atom. The van der Waals surface area contributed by atoms with Crippen molar-refractivity contribution in [3.63, 3.8) is 0 Å². The molecule has 1 atom stereocenters. The third kappa shape index (κ3) is 5.56. The minimum atomic E-state index is -0.756. The van der Waals surface area contributed by atoms with Crippen LogP contribution in [0, 0.1) is 13.8 Å². The first-order chi connectivity index (χ1) is 15.3. The Morgan fingerprint density at radius 2 is 1.88 bits per heavy atom. The molecule has 2 aromatic rings. The van der Waals surface area contributed by atoms with E-state index in [0.29, 0.717) is 47.7 Å². The number of amides is 1. The van der Waals surface area contributed by atoms with Crippen molar-refractivity contribution in [3.05, 3.63) is 52.3 Å². The van der Waals surface area contributed by atoms with Gasteiger partial charge in [0, 0.05) is 37.1 Å². The molecule has 174 valence electrons. The zero-order valence-electron chi connectivity index (χ0n) is 19.6. The van der Waals surface area contributed by atoms with Crippen LogP contribution in [0.15, 0.2) is 24.3 Å². The molecule has 0 radical (unpaired) electrons. The van der Waals surface area contributed by atoms with E-state index in [2.05, 4.69) is 4.98 Å². The van der Waals surface area contributed by atoms with Crippen LogP contribution in [0.5, 0.6) is 5.75 Å². The van der Waals surface area contributed by atoms with Gasteiger partial charge in [0.25, 0.3) is 5.91 Å². The number of aryl methyl sites for hydroxylation is 1. The smallest absolute Gasteiger partial charge is 0.355 e. The van der Waals surface area contributed by atoms with E-state index in [1.807, 2.05) is 0 Å². The molecule has 8 nitrogen and oxygen atoms in total. The number of aromatic amines is 1. The minimum absolute atomic E-state index is 0.234. The molecule has 0 unspecified atom stereocenters. The van der Waals surface area contributed by atoms with Crippen molar-refractivity contribution in [3.8, 4) is 5.75 Å². The fourth-order valence-corrected chi connectivity index (χ4v) is 3.65. The van der Waals surface area contributed by atoms with Crippen molar-refractivity contribution in [2.75, 3.05) is 34.0 Å². The molecular weight excluding hydrogens is 412 g/mol. The van der Waals surface area contributed by atoms with Crippen LogP contribution in [0.2, 0.25) is 0 Å². The fourth-order valence-electron chi connectivity index (χ4n) is 3.65. The van der Waals surface area contributed by atoms with Crippen molar-refractivity contribution in [1.82, 2.24) is 9.88 Å². The highest BCUT2D eigenvalue weighted by Crippen LogP contribution is 2.23. The van der Waals surface area contributed by atoms with Crippen LogP contribution in [0.4, 0.5) is 0 Å². The Kier molecular flexibility index (Phi) is 9.02. The molecule has 2 rings (SSSR count). The van der Waals surface area contributed by atoms with Crippen LogP contribution in [0.1, 0.15) is 62.7 Å². The predicted octanol–water partition coefficient (Wildman–Crippen LogP) is 3.57. The van der Waals surface area contributed by atoms with Crippen molar-refractivity contribution in [1.29, 1.82) is 0 Å². The van der Waals surface area contributed by atoms with Crippen LogP contribution < -0.4 is 4.74 Å². The van der Waals surface area contributed by atoms with Gasteiger partial charge < -0.3 is 24.1 Å². The number of ketones is 1. The van der Waals surface area contributed by atoms with E-state index in [9.17, 15) is 14.4 Å². The highest BCUT2D eigenvalue weighted by atomic mass is 16.5. The molecule has 1 N–H and O–H groups in total. The van der Waals surface area contributed by atoms with Crippen LogP contribution in [0.25, 0.3) is 0 Å². The number of hydrogen-bond donors (Lipinski definition) is 1. The van der Waals surface area contributed by atoms with Gasteiger partial charge in [-0.2, -0.15) is 0 Å². The first-order valence-electron chi connectivity index (χ1n) is 10.6. The van der Waals surface area contributed by atoms with E-state index < -0.39 is 12.0 Å². The number of H-pyrrole nitrogens is 1. The molecule has 0 spiro atoms.